The molecule has 2 amide bonds. The van der Waals surface area contributed by atoms with Crippen molar-refractivity contribution in [3.05, 3.63) is 46.5 Å². The minimum Gasteiger partial charge on any atom is -0.507 e. The molecule has 0 radical (unpaired) electrons. The summed E-state index contributed by atoms with van der Waals surface area (Å²) in [5.41, 5.74) is 4.62. The minimum absolute atomic E-state index is 0.0408. The number of carbonyl (C=O) groups is 3. The molecule has 0 aromatic heterocycles. The Kier molecular flexibility index (Phi) is 9.42. The lowest BCUT2D eigenvalue weighted by atomic mass is 9.68. The molecule has 0 unspecified atom stereocenters. The Bertz CT molecular complexity index is 1110. The molecule has 7 heteroatoms. The second-order valence-corrected chi connectivity index (χ2v) is 10.9. The van der Waals surface area contributed by atoms with E-state index in [4.69, 9.17) is 9.84 Å². The highest BCUT2D eigenvalue weighted by atomic mass is 16.5. The Morgan fingerprint density at radius 1 is 1.08 bits per heavy atom. The normalized spacial score (nSPS) is 25.2. The fraction of sp³-hybridized carbons (Fsp3) is 0.581. The highest BCUT2D eigenvalue weighted by Gasteiger charge is 2.56. The summed E-state index contributed by atoms with van der Waals surface area (Å²) in [6, 6.07) is 7.35. The van der Waals surface area contributed by atoms with Crippen molar-refractivity contribution in [3.63, 3.8) is 0 Å². The van der Waals surface area contributed by atoms with Gasteiger partial charge in [-0.3, -0.25) is 19.3 Å². The maximum atomic E-state index is 13.5. The van der Waals surface area contributed by atoms with Crippen molar-refractivity contribution in [2.24, 2.45) is 17.8 Å². The van der Waals surface area contributed by atoms with Crippen LogP contribution in [0.1, 0.15) is 83.6 Å². The van der Waals surface area contributed by atoms with Crippen LogP contribution in [0.15, 0.2) is 41.0 Å². The van der Waals surface area contributed by atoms with E-state index in [1.165, 1.54) is 21.6 Å². The number of benzene rings is 1. The second-order valence-electron chi connectivity index (χ2n) is 10.9. The predicted octanol–water partition coefficient (Wildman–Crippen LogP) is 5.73. The summed E-state index contributed by atoms with van der Waals surface area (Å²) in [4.78, 5) is 39.0. The first-order valence-electron chi connectivity index (χ1n) is 14.2. The predicted molar refractivity (Wildman–Crippen MR) is 145 cm³/mol. The van der Waals surface area contributed by atoms with Crippen LogP contribution in [0.5, 0.6) is 5.75 Å². The summed E-state index contributed by atoms with van der Waals surface area (Å²) in [6.45, 7) is 5.12. The molecule has 0 saturated carbocycles. The van der Waals surface area contributed by atoms with E-state index in [0.717, 1.165) is 37.7 Å². The molecule has 3 aliphatic rings. The smallest absolute Gasteiger partial charge is 0.303 e. The van der Waals surface area contributed by atoms with Gasteiger partial charge < -0.3 is 14.9 Å². The highest BCUT2D eigenvalue weighted by Crippen LogP contribution is 2.50. The minimum atomic E-state index is -0.818. The van der Waals surface area contributed by atoms with Crippen molar-refractivity contribution in [2.45, 2.75) is 84.2 Å². The van der Waals surface area contributed by atoms with Crippen molar-refractivity contribution >= 4 is 23.9 Å². The number of ether oxygens (including phenoxy) is 1. The molecule has 7 nitrogen and oxygen atoms in total. The third-order valence-corrected chi connectivity index (χ3v) is 8.40. The number of phenolic OH excluding ortho intramolecular Hbond substituents is 1. The average molecular weight is 524 g/mol. The standard InChI is InChI=1S/C31H41NO6/c1-3-10-22-18-23-29(31(37)32(30(23)36)16-9-5-6-13-27(34)35)24-19-38-26(28(22)24)15-14-20(4-2)17-21-11-7-8-12-25(21)33/h7-8,11-12,17,23-24,26,29,33H,3-6,9-10,13-16,18-19H2,1-2H3,(H,34,35)/b20-17+/t23-,24+,26-,29-/m1/s1. The van der Waals surface area contributed by atoms with E-state index in [9.17, 15) is 19.5 Å². The number of phenols is 1. The van der Waals surface area contributed by atoms with Crippen LogP contribution in [0.25, 0.3) is 6.08 Å². The van der Waals surface area contributed by atoms with Gasteiger partial charge in [-0.2, -0.15) is 0 Å². The van der Waals surface area contributed by atoms with Gasteiger partial charge in [0.15, 0.2) is 0 Å². The Balaban J connectivity index is 1.46. The molecule has 38 heavy (non-hydrogen) atoms. The summed E-state index contributed by atoms with van der Waals surface area (Å²) in [6.07, 6.45) is 9.09. The number of para-hydroxylation sites is 1. The van der Waals surface area contributed by atoms with Crippen LogP contribution in [-0.2, 0) is 19.1 Å². The van der Waals surface area contributed by atoms with Crippen molar-refractivity contribution in [3.8, 4) is 5.75 Å². The third kappa shape index (κ3) is 6.04. The van der Waals surface area contributed by atoms with Gasteiger partial charge in [-0.25, -0.2) is 0 Å². The van der Waals surface area contributed by atoms with Gasteiger partial charge in [-0.15, -0.1) is 0 Å². The number of nitrogens with zero attached hydrogens (tertiary/aromatic N) is 1. The lowest BCUT2D eigenvalue weighted by Gasteiger charge is -2.32. The maximum Gasteiger partial charge on any atom is 0.303 e. The summed E-state index contributed by atoms with van der Waals surface area (Å²) in [5, 5.41) is 19.0. The van der Waals surface area contributed by atoms with Crippen LogP contribution in [0.3, 0.4) is 0 Å². The fourth-order valence-corrected chi connectivity index (χ4v) is 6.52. The molecule has 1 aliphatic carbocycles. The number of amides is 2. The average Bonchev–Trinajstić information content (AvgIpc) is 3.42. The molecule has 1 aromatic carbocycles. The van der Waals surface area contributed by atoms with E-state index < -0.39 is 5.97 Å². The van der Waals surface area contributed by atoms with E-state index >= 15 is 0 Å². The number of likely N-dealkylation sites (tertiary alicyclic amines) is 1. The first-order chi connectivity index (χ1) is 18.3. The first kappa shape index (κ1) is 28.1. The summed E-state index contributed by atoms with van der Waals surface area (Å²) < 4.78 is 6.34. The van der Waals surface area contributed by atoms with Gasteiger partial charge in [0.25, 0.3) is 0 Å². The number of allylic oxidation sites excluding steroid dienone is 2. The van der Waals surface area contributed by atoms with E-state index in [-0.39, 0.29) is 47.8 Å². The van der Waals surface area contributed by atoms with Gasteiger partial charge in [0.05, 0.1) is 24.5 Å². The quantitative estimate of drug-likeness (QED) is 0.194. The fourth-order valence-electron chi connectivity index (χ4n) is 6.52. The van der Waals surface area contributed by atoms with Crippen LogP contribution < -0.4 is 0 Å². The second kappa shape index (κ2) is 12.7. The zero-order chi connectivity index (χ0) is 27.2. The lowest BCUT2D eigenvalue weighted by Crippen LogP contribution is -2.34. The Labute approximate surface area is 225 Å². The molecule has 2 fully saturated rings. The van der Waals surface area contributed by atoms with E-state index in [1.54, 1.807) is 6.07 Å². The van der Waals surface area contributed by atoms with Gasteiger partial charge in [-0.1, -0.05) is 62.1 Å². The van der Waals surface area contributed by atoms with E-state index in [0.29, 0.717) is 38.8 Å². The SMILES string of the molecule is CCCC1=C2[C@@H](CC/C(=C/c3ccccc3O)CC)OC[C@@H]2[C@@H]2C(=O)N(CCCCCC(=O)O)C(=O)[C@@H]2C1. The van der Waals surface area contributed by atoms with Gasteiger partial charge >= 0.3 is 5.97 Å². The largest absolute Gasteiger partial charge is 0.507 e. The summed E-state index contributed by atoms with van der Waals surface area (Å²) >= 11 is 0. The van der Waals surface area contributed by atoms with E-state index in [2.05, 4.69) is 19.9 Å². The topological polar surface area (TPSA) is 104 Å². The number of hydrogen-bond donors (Lipinski definition) is 2. The number of hydrogen-bond acceptors (Lipinski definition) is 5. The van der Waals surface area contributed by atoms with Crippen LogP contribution in [0.2, 0.25) is 0 Å². The molecular weight excluding hydrogens is 482 g/mol. The molecule has 206 valence electrons. The number of carboxylic acid groups (broad SMARTS) is 1. The van der Waals surface area contributed by atoms with Crippen LogP contribution in [-0.4, -0.2) is 52.2 Å². The highest BCUT2D eigenvalue weighted by molar-refractivity contribution is 6.06. The molecule has 2 saturated heterocycles. The van der Waals surface area contributed by atoms with Gasteiger partial charge in [0.1, 0.15) is 5.75 Å². The van der Waals surface area contributed by atoms with Gasteiger partial charge in [0, 0.05) is 24.4 Å². The number of rotatable bonds is 13. The number of aromatic hydroxyl groups is 1. The Morgan fingerprint density at radius 2 is 1.87 bits per heavy atom. The van der Waals surface area contributed by atoms with Crippen molar-refractivity contribution in [1.82, 2.24) is 4.90 Å². The molecule has 2 heterocycles. The van der Waals surface area contributed by atoms with Gasteiger partial charge in [-0.05, 0) is 56.6 Å². The Morgan fingerprint density at radius 3 is 2.58 bits per heavy atom. The molecule has 2 N–H and O–H groups in total. The number of imide groups is 1. The molecular formula is C31H41NO6. The maximum absolute atomic E-state index is 13.5. The van der Waals surface area contributed by atoms with Crippen molar-refractivity contribution < 1.29 is 29.3 Å². The van der Waals surface area contributed by atoms with Crippen LogP contribution in [0.4, 0.5) is 0 Å². The first-order valence-corrected chi connectivity index (χ1v) is 14.2. The van der Waals surface area contributed by atoms with Crippen molar-refractivity contribution in [2.75, 3.05) is 13.2 Å². The number of fused-ring (bicyclic) bond motifs is 3. The zero-order valence-corrected chi connectivity index (χ0v) is 22.7. The number of unbranched alkanes of at least 4 members (excludes halogenated alkanes) is 2. The van der Waals surface area contributed by atoms with Crippen LogP contribution >= 0.6 is 0 Å². The Hall–Kier alpha value is -2.93. The third-order valence-electron chi connectivity index (χ3n) is 8.40. The summed E-state index contributed by atoms with van der Waals surface area (Å²) in [7, 11) is 0. The van der Waals surface area contributed by atoms with E-state index in [1.807, 2.05) is 18.2 Å². The molecule has 4 rings (SSSR count). The molecule has 0 bridgehead atoms. The number of carboxylic acids is 1. The molecule has 0 spiro atoms. The van der Waals surface area contributed by atoms with Gasteiger partial charge in [0.2, 0.25) is 11.8 Å². The van der Waals surface area contributed by atoms with Crippen LogP contribution in [0, 0.1) is 17.8 Å². The monoisotopic (exact) mass is 523 g/mol. The molecule has 2 aliphatic heterocycles. The zero-order valence-electron chi connectivity index (χ0n) is 22.7. The number of carbonyl (C=O) groups excluding carboxylic acids is 2. The molecule has 4 atom stereocenters. The molecule has 1 aromatic rings. The lowest BCUT2D eigenvalue weighted by molar-refractivity contribution is -0.141. The number of aliphatic carboxylic acids is 1. The van der Waals surface area contributed by atoms with Crippen molar-refractivity contribution in [1.29, 1.82) is 0 Å². The summed E-state index contributed by atoms with van der Waals surface area (Å²) in [5.74, 6) is -1.36.